The molecule has 0 saturated carbocycles. The molecule has 0 aliphatic carbocycles. The molecule has 0 spiro atoms. The number of benzene rings is 2. The van der Waals surface area contributed by atoms with Gasteiger partial charge < -0.3 is 18.9 Å². The molecule has 1 heterocycles. The summed E-state index contributed by atoms with van der Waals surface area (Å²) in [6.45, 7) is 0.129. The third-order valence-corrected chi connectivity index (χ3v) is 4.26. The third kappa shape index (κ3) is 2.73. The SMILES string of the molecule is COc1ccc(S(=O)(=O)[N-]c2ccc3c(c2)OCO3)cc1. The average molecular weight is 306 g/mol. The molecule has 0 unspecified atom stereocenters. The van der Waals surface area contributed by atoms with Crippen molar-refractivity contribution in [2.45, 2.75) is 4.90 Å². The highest BCUT2D eigenvalue weighted by molar-refractivity contribution is 7.94. The van der Waals surface area contributed by atoms with Gasteiger partial charge in [0.25, 0.3) is 0 Å². The van der Waals surface area contributed by atoms with E-state index in [0.29, 0.717) is 17.2 Å². The molecule has 1 aliphatic rings. The maximum absolute atomic E-state index is 12.2. The summed E-state index contributed by atoms with van der Waals surface area (Å²) in [5, 5.41) is 0. The lowest BCUT2D eigenvalue weighted by Gasteiger charge is -2.22. The predicted molar refractivity (Wildman–Crippen MR) is 75.8 cm³/mol. The van der Waals surface area contributed by atoms with Crippen molar-refractivity contribution >= 4 is 15.7 Å². The molecule has 2 aromatic carbocycles. The zero-order chi connectivity index (χ0) is 14.9. The first-order chi connectivity index (χ1) is 10.1. The van der Waals surface area contributed by atoms with Crippen molar-refractivity contribution in [3.8, 4) is 17.2 Å². The first-order valence-corrected chi connectivity index (χ1v) is 7.54. The first-order valence-electron chi connectivity index (χ1n) is 6.10. The molecule has 1 aliphatic heterocycles. The monoisotopic (exact) mass is 306 g/mol. The third-order valence-electron chi connectivity index (χ3n) is 2.94. The van der Waals surface area contributed by atoms with Crippen molar-refractivity contribution in [2.75, 3.05) is 13.9 Å². The van der Waals surface area contributed by atoms with E-state index in [4.69, 9.17) is 14.2 Å². The van der Waals surface area contributed by atoms with Crippen LogP contribution in [0.1, 0.15) is 0 Å². The van der Waals surface area contributed by atoms with E-state index >= 15 is 0 Å². The number of methoxy groups -OCH3 is 1. The minimum atomic E-state index is -3.78. The second kappa shape index (κ2) is 5.17. The van der Waals surface area contributed by atoms with Crippen molar-refractivity contribution < 1.29 is 22.6 Å². The molecular weight excluding hydrogens is 294 g/mol. The molecule has 0 saturated heterocycles. The van der Waals surface area contributed by atoms with Crippen molar-refractivity contribution in [2.24, 2.45) is 0 Å². The molecule has 2 aromatic rings. The van der Waals surface area contributed by atoms with E-state index in [2.05, 4.69) is 4.72 Å². The highest BCUT2D eigenvalue weighted by atomic mass is 32.2. The van der Waals surface area contributed by atoms with Gasteiger partial charge in [0.2, 0.25) is 6.79 Å². The Hall–Kier alpha value is -2.41. The van der Waals surface area contributed by atoms with Crippen LogP contribution in [0.4, 0.5) is 5.69 Å². The minimum absolute atomic E-state index is 0.0981. The van der Waals surface area contributed by atoms with Crippen LogP contribution in [0.15, 0.2) is 47.4 Å². The summed E-state index contributed by atoms with van der Waals surface area (Å²) in [6, 6.07) is 10.8. The second-order valence-corrected chi connectivity index (χ2v) is 5.88. The fraction of sp³-hybridized carbons (Fsp3) is 0.143. The highest BCUT2D eigenvalue weighted by Gasteiger charge is 2.12. The minimum Gasteiger partial charge on any atom is -0.573 e. The molecule has 0 atom stereocenters. The van der Waals surface area contributed by atoms with Gasteiger partial charge in [-0.2, -0.15) is 0 Å². The van der Waals surface area contributed by atoms with Gasteiger partial charge in [0.05, 0.1) is 12.0 Å². The number of hydrogen-bond donors (Lipinski definition) is 0. The zero-order valence-electron chi connectivity index (χ0n) is 11.1. The Morgan fingerprint density at radius 1 is 1.05 bits per heavy atom. The summed E-state index contributed by atoms with van der Waals surface area (Å²) in [6.07, 6.45) is 0. The summed E-state index contributed by atoms with van der Waals surface area (Å²) < 4.78 is 43.6. The van der Waals surface area contributed by atoms with Crippen molar-refractivity contribution in [3.05, 3.63) is 47.2 Å². The number of hydrogen-bond acceptors (Lipinski definition) is 5. The van der Waals surface area contributed by atoms with Crippen molar-refractivity contribution in [1.29, 1.82) is 0 Å². The Morgan fingerprint density at radius 2 is 1.76 bits per heavy atom. The lowest BCUT2D eigenvalue weighted by Crippen LogP contribution is -1.97. The lowest BCUT2D eigenvalue weighted by molar-refractivity contribution is 0.174. The van der Waals surface area contributed by atoms with Crippen molar-refractivity contribution in [1.82, 2.24) is 0 Å². The van der Waals surface area contributed by atoms with Crippen LogP contribution in [0.25, 0.3) is 4.72 Å². The van der Waals surface area contributed by atoms with Crippen LogP contribution in [-0.2, 0) is 10.0 Å². The van der Waals surface area contributed by atoms with E-state index in [1.807, 2.05) is 0 Å². The van der Waals surface area contributed by atoms with Gasteiger partial charge in [-0.05, 0) is 36.4 Å². The van der Waals surface area contributed by atoms with Crippen molar-refractivity contribution in [3.63, 3.8) is 0 Å². The number of sulfonamides is 1. The van der Waals surface area contributed by atoms with Crippen LogP contribution in [0.3, 0.4) is 0 Å². The topological polar surface area (TPSA) is 75.9 Å². The van der Waals surface area contributed by atoms with Gasteiger partial charge in [-0.3, -0.25) is 0 Å². The van der Waals surface area contributed by atoms with Crippen LogP contribution in [0, 0.1) is 0 Å². The van der Waals surface area contributed by atoms with Gasteiger partial charge in [-0.1, -0.05) is 6.07 Å². The van der Waals surface area contributed by atoms with E-state index < -0.39 is 10.0 Å². The molecule has 0 radical (unpaired) electrons. The molecule has 0 bridgehead atoms. The fourth-order valence-corrected chi connectivity index (χ4v) is 2.86. The van der Waals surface area contributed by atoms with Crippen LogP contribution in [-0.4, -0.2) is 22.3 Å². The predicted octanol–water partition coefficient (Wildman–Crippen LogP) is 2.82. The molecule has 21 heavy (non-hydrogen) atoms. The smallest absolute Gasteiger partial charge is 0.231 e. The van der Waals surface area contributed by atoms with Crippen LogP contribution < -0.4 is 14.2 Å². The Morgan fingerprint density at radius 3 is 2.48 bits per heavy atom. The van der Waals surface area contributed by atoms with Crippen LogP contribution in [0.5, 0.6) is 17.2 Å². The first kappa shape index (κ1) is 13.6. The molecule has 6 nitrogen and oxygen atoms in total. The summed E-state index contributed by atoms with van der Waals surface area (Å²) in [5.41, 5.74) is 0.287. The highest BCUT2D eigenvalue weighted by Crippen LogP contribution is 2.38. The quantitative estimate of drug-likeness (QED) is 0.868. The normalized spacial score (nSPS) is 13.0. The van der Waals surface area contributed by atoms with E-state index in [0.717, 1.165) is 0 Å². The van der Waals surface area contributed by atoms with E-state index in [1.165, 1.54) is 25.3 Å². The molecule has 110 valence electrons. The second-order valence-electron chi connectivity index (χ2n) is 4.28. The van der Waals surface area contributed by atoms with E-state index in [-0.39, 0.29) is 17.4 Å². The summed E-state index contributed by atoms with van der Waals surface area (Å²) in [7, 11) is -2.27. The molecular formula is C14H12NO5S-. The number of ether oxygens (including phenoxy) is 3. The lowest BCUT2D eigenvalue weighted by atomic mass is 10.3. The molecule has 0 amide bonds. The van der Waals surface area contributed by atoms with E-state index in [9.17, 15) is 8.42 Å². The number of nitrogens with zero attached hydrogens (tertiary/aromatic N) is 1. The van der Waals surface area contributed by atoms with E-state index in [1.54, 1.807) is 24.3 Å². The van der Waals surface area contributed by atoms with Gasteiger partial charge in [-0.15, -0.1) is 5.69 Å². The Bertz CT molecular complexity index is 755. The molecule has 3 rings (SSSR count). The Labute approximate surface area is 122 Å². The van der Waals surface area contributed by atoms with Crippen LogP contribution >= 0.6 is 0 Å². The summed E-state index contributed by atoms with van der Waals surface area (Å²) >= 11 is 0. The Kier molecular flexibility index (Phi) is 3.34. The summed E-state index contributed by atoms with van der Waals surface area (Å²) in [4.78, 5) is 0.0981. The largest absolute Gasteiger partial charge is 0.573 e. The number of fused-ring (bicyclic) bond motifs is 1. The Balaban J connectivity index is 1.85. The van der Waals surface area contributed by atoms with Gasteiger partial charge in [-0.25, -0.2) is 8.42 Å². The maximum atomic E-state index is 12.2. The summed E-state index contributed by atoms with van der Waals surface area (Å²) in [5.74, 6) is 1.65. The zero-order valence-corrected chi connectivity index (χ0v) is 12.0. The number of rotatable bonds is 4. The average Bonchev–Trinajstić information content (AvgIpc) is 2.94. The fourth-order valence-electron chi connectivity index (χ4n) is 1.88. The molecule has 0 N–H and O–H groups in total. The molecule has 0 aromatic heterocycles. The van der Waals surface area contributed by atoms with Crippen LogP contribution in [0.2, 0.25) is 0 Å². The molecule has 0 fully saturated rings. The van der Waals surface area contributed by atoms with Gasteiger partial charge in [0.15, 0.2) is 11.5 Å². The van der Waals surface area contributed by atoms with Gasteiger partial charge >= 0.3 is 0 Å². The van der Waals surface area contributed by atoms with Gasteiger partial charge in [0.1, 0.15) is 15.8 Å². The molecule has 7 heteroatoms. The van der Waals surface area contributed by atoms with Gasteiger partial charge in [0, 0.05) is 0 Å². The maximum Gasteiger partial charge on any atom is 0.231 e. The standard InChI is InChI=1S/C14H12NO5S/c1-18-11-3-5-12(6-4-11)21(16,17)15-10-2-7-13-14(8-10)20-9-19-13/h2-8H,9H2,1H3/q-1.